The Bertz CT molecular complexity index is 532. The van der Waals surface area contributed by atoms with E-state index in [9.17, 15) is 0 Å². The highest BCUT2D eigenvalue weighted by Gasteiger charge is 2.19. The molecule has 0 spiro atoms. The Labute approximate surface area is 128 Å². The highest BCUT2D eigenvalue weighted by atomic mass is 32.2. The van der Waals surface area contributed by atoms with E-state index in [1.165, 1.54) is 35.6 Å². The predicted octanol–water partition coefficient (Wildman–Crippen LogP) is 4.34. The molecule has 0 radical (unpaired) electrons. The molecule has 2 atom stereocenters. The summed E-state index contributed by atoms with van der Waals surface area (Å²) in [4.78, 5) is 4.82. The molecule has 1 aliphatic heterocycles. The third-order valence-corrected chi connectivity index (χ3v) is 6.22. The van der Waals surface area contributed by atoms with Crippen molar-refractivity contribution >= 4 is 23.1 Å². The Hall–Kier alpha value is -0.840. The maximum atomic E-state index is 6.27. The van der Waals surface area contributed by atoms with Gasteiger partial charge < -0.3 is 5.73 Å². The van der Waals surface area contributed by atoms with Crippen molar-refractivity contribution in [2.24, 2.45) is 5.73 Å². The molecule has 2 unspecified atom stereocenters. The van der Waals surface area contributed by atoms with Crippen LogP contribution in [0.5, 0.6) is 0 Å². The largest absolute Gasteiger partial charge is 0.324 e. The van der Waals surface area contributed by atoms with Gasteiger partial charge in [-0.05, 0) is 24.2 Å². The zero-order valence-electron chi connectivity index (χ0n) is 11.5. The summed E-state index contributed by atoms with van der Waals surface area (Å²) in [5.41, 5.74) is 8.61. The van der Waals surface area contributed by atoms with E-state index in [0.29, 0.717) is 5.25 Å². The number of thiazole rings is 1. The maximum absolute atomic E-state index is 6.27. The summed E-state index contributed by atoms with van der Waals surface area (Å²) in [6.45, 7) is 0. The minimum atomic E-state index is 0.0464. The maximum Gasteiger partial charge on any atom is 0.106 e. The second kappa shape index (κ2) is 6.74. The van der Waals surface area contributed by atoms with Crippen molar-refractivity contribution in [3.8, 4) is 0 Å². The lowest BCUT2D eigenvalue weighted by atomic mass is 10.0. The van der Waals surface area contributed by atoms with E-state index in [4.69, 9.17) is 10.7 Å². The molecule has 1 saturated heterocycles. The number of thioether (sulfide) groups is 1. The van der Waals surface area contributed by atoms with Crippen molar-refractivity contribution in [2.75, 3.05) is 5.75 Å². The van der Waals surface area contributed by atoms with Gasteiger partial charge in [-0.15, -0.1) is 11.3 Å². The molecule has 2 aromatic rings. The third kappa shape index (κ3) is 3.43. The van der Waals surface area contributed by atoms with E-state index in [1.807, 2.05) is 18.2 Å². The molecule has 0 bridgehead atoms. The molecular weight excluding hydrogens is 284 g/mol. The number of aromatic nitrogens is 1. The molecule has 1 aromatic carbocycles. The van der Waals surface area contributed by atoms with Crippen LogP contribution in [0.1, 0.15) is 46.8 Å². The van der Waals surface area contributed by atoms with E-state index in [2.05, 4.69) is 29.3 Å². The van der Waals surface area contributed by atoms with Crippen LogP contribution in [0.25, 0.3) is 0 Å². The van der Waals surface area contributed by atoms with Crippen molar-refractivity contribution in [3.05, 3.63) is 52.0 Å². The summed E-state index contributed by atoms with van der Waals surface area (Å²) in [5.74, 6) is 1.28. The van der Waals surface area contributed by atoms with Crippen LogP contribution in [0, 0.1) is 0 Å². The summed E-state index contributed by atoms with van der Waals surface area (Å²) >= 11 is 3.87. The van der Waals surface area contributed by atoms with E-state index in [0.717, 1.165) is 12.1 Å². The molecule has 20 heavy (non-hydrogen) atoms. The first-order chi connectivity index (χ1) is 9.83. The minimum Gasteiger partial charge on any atom is -0.324 e. The van der Waals surface area contributed by atoms with Gasteiger partial charge in [-0.2, -0.15) is 11.8 Å². The number of hydrogen-bond acceptors (Lipinski definition) is 4. The summed E-state index contributed by atoms with van der Waals surface area (Å²) < 4.78 is 0. The Morgan fingerprint density at radius 2 is 2.10 bits per heavy atom. The summed E-state index contributed by atoms with van der Waals surface area (Å²) in [5, 5.41) is 4.10. The van der Waals surface area contributed by atoms with Crippen LogP contribution in [-0.4, -0.2) is 10.7 Å². The Balaban J connectivity index is 1.65. The van der Waals surface area contributed by atoms with Crippen molar-refractivity contribution in [1.29, 1.82) is 0 Å². The van der Waals surface area contributed by atoms with Gasteiger partial charge in [0, 0.05) is 17.8 Å². The van der Waals surface area contributed by atoms with Crippen molar-refractivity contribution in [3.63, 3.8) is 0 Å². The Morgan fingerprint density at radius 3 is 2.85 bits per heavy atom. The van der Waals surface area contributed by atoms with Crippen molar-refractivity contribution in [2.45, 2.75) is 37.0 Å². The van der Waals surface area contributed by atoms with E-state index in [-0.39, 0.29) is 6.04 Å². The van der Waals surface area contributed by atoms with Crippen LogP contribution in [0.3, 0.4) is 0 Å². The van der Waals surface area contributed by atoms with Crippen LogP contribution in [0.15, 0.2) is 35.7 Å². The van der Waals surface area contributed by atoms with Gasteiger partial charge in [-0.3, -0.25) is 0 Å². The van der Waals surface area contributed by atoms with Gasteiger partial charge >= 0.3 is 0 Å². The molecular formula is C16H20N2S2. The van der Waals surface area contributed by atoms with Crippen LogP contribution in [0.4, 0.5) is 0 Å². The summed E-state index contributed by atoms with van der Waals surface area (Å²) in [6.07, 6.45) is 4.81. The lowest BCUT2D eigenvalue weighted by molar-refractivity contribution is 0.674. The van der Waals surface area contributed by atoms with Gasteiger partial charge in [0.25, 0.3) is 0 Å². The van der Waals surface area contributed by atoms with Gasteiger partial charge in [0.2, 0.25) is 0 Å². The van der Waals surface area contributed by atoms with Gasteiger partial charge in [-0.25, -0.2) is 4.98 Å². The van der Waals surface area contributed by atoms with Gasteiger partial charge in [0.15, 0.2) is 0 Å². The van der Waals surface area contributed by atoms with Crippen molar-refractivity contribution < 1.29 is 0 Å². The fourth-order valence-corrected chi connectivity index (χ4v) is 4.94. The highest BCUT2D eigenvalue weighted by molar-refractivity contribution is 7.99. The van der Waals surface area contributed by atoms with Gasteiger partial charge in [-0.1, -0.05) is 36.8 Å². The molecule has 1 aromatic heterocycles. The van der Waals surface area contributed by atoms with Crippen LogP contribution >= 0.6 is 23.1 Å². The van der Waals surface area contributed by atoms with Crippen molar-refractivity contribution in [1.82, 2.24) is 4.98 Å². The standard InChI is InChI=1S/C16H20N2S2/c17-14(12-6-2-1-3-7-12)10-13-11-20-16(18-13)15-8-4-5-9-19-15/h1-3,6-7,11,14-15H,4-5,8-10,17H2. The van der Waals surface area contributed by atoms with Gasteiger partial charge in [0.05, 0.1) is 10.9 Å². The van der Waals surface area contributed by atoms with E-state index in [1.54, 1.807) is 11.3 Å². The monoisotopic (exact) mass is 304 g/mol. The number of rotatable bonds is 4. The Kier molecular flexibility index (Phi) is 4.76. The van der Waals surface area contributed by atoms with Crippen LogP contribution < -0.4 is 5.73 Å². The second-order valence-corrected chi connectivity index (χ2v) is 7.45. The third-order valence-electron chi connectivity index (χ3n) is 3.68. The first-order valence-electron chi connectivity index (χ1n) is 7.19. The molecule has 1 fully saturated rings. The average Bonchev–Trinajstić information content (AvgIpc) is 2.97. The molecule has 1 aliphatic rings. The van der Waals surface area contributed by atoms with Crippen LogP contribution in [0.2, 0.25) is 0 Å². The lowest BCUT2D eigenvalue weighted by Gasteiger charge is -2.18. The smallest absolute Gasteiger partial charge is 0.106 e. The first kappa shape index (κ1) is 14.1. The SMILES string of the molecule is NC(Cc1csc(C2CCCCS2)n1)c1ccccc1. The fraction of sp³-hybridized carbons (Fsp3) is 0.438. The predicted molar refractivity (Wildman–Crippen MR) is 88.2 cm³/mol. The highest BCUT2D eigenvalue weighted by Crippen LogP contribution is 2.39. The zero-order chi connectivity index (χ0) is 13.8. The minimum absolute atomic E-state index is 0.0464. The number of nitrogens with two attached hydrogens (primary N) is 1. The molecule has 0 amide bonds. The Morgan fingerprint density at radius 1 is 1.25 bits per heavy atom. The van der Waals surface area contributed by atoms with E-state index < -0.39 is 0 Å². The number of benzene rings is 1. The molecule has 0 saturated carbocycles. The molecule has 2 nitrogen and oxygen atoms in total. The average molecular weight is 304 g/mol. The molecule has 106 valence electrons. The molecule has 4 heteroatoms. The second-order valence-electron chi connectivity index (χ2n) is 5.25. The van der Waals surface area contributed by atoms with E-state index >= 15 is 0 Å². The summed E-state index contributed by atoms with van der Waals surface area (Å²) in [7, 11) is 0. The first-order valence-corrected chi connectivity index (χ1v) is 9.12. The topological polar surface area (TPSA) is 38.9 Å². The lowest BCUT2D eigenvalue weighted by Crippen LogP contribution is -2.13. The number of hydrogen-bond donors (Lipinski definition) is 1. The fourth-order valence-electron chi connectivity index (χ4n) is 2.54. The molecule has 2 heterocycles. The molecule has 2 N–H and O–H groups in total. The quantitative estimate of drug-likeness (QED) is 0.913. The summed E-state index contributed by atoms with van der Waals surface area (Å²) in [6, 6.07) is 10.3. The molecule has 3 rings (SSSR count). The zero-order valence-corrected chi connectivity index (χ0v) is 13.1. The molecule has 0 aliphatic carbocycles. The number of nitrogens with zero attached hydrogens (tertiary/aromatic N) is 1. The van der Waals surface area contributed by atoms with Gasteiger partial charge in [0.1, 0.15) is 5.01 Å². The van der Waals surface area contributed by atoms with Crippen LogP contribution in [-0.2, 0) is 6.42 Å². The normalized spacial score (nSPS) is 20.8.